The average molecular weight is 575 g/mol. The molecule has 0 aromatic heterocycles. The Hall–Kier alpha value is -0.820. The van der Waals surface area contributed by atoms with Gasteiger partial charge in [0.1, 0.15) is 0 Å². The van der Waals surface area contributed by atoms with Crippen LogP contribution in [0.4, 0.5) is 0 Å². The van der Waals surface area contributed by atoms with Gasteiger partial charge in [-0.3, -0.25) is 0 Å². The molecule has 0 radical (unpaired) electrons. The Morgan fingerprint density at radius 2 is 1.29 bits per heavy atom. The molecule has 0 aromatic carbocycles. The summed E-state index contributed by atoms with van der Waals surface area (Å²) < 4.78 is 0. The summed E-state index contributed by atoms with van der Waals surface area (Å²) in [6.45, 7) is 27.4. The first-order valence-corrected chi connectivity index (χ1v) is 18.4. The van der Waals surface area contributed by atoms with E-state index >= 15 is 0 Å². The molecule has 9 aliphatic rings. The standard InChI is InChI=1S/C41H66O/c1-12-13-14-15-16-17-18-19-40(11,42)36-34-23-31(39(34,9)10)26(3)35(36)41(24-29-22-33(27(41)4)38(29,7)8)32-21-28-20-30(25(32)2)37(28,5)6/h28-29,32,34-36,42H,12-24H2,1-11H3. The summed E-state index contributed by atoms with van der Waals surface area (Å²) in [5.41, 5.74) is 11.1. The summed E-state index contributed by atoms with van der Waals surface area (Å²) in [6, 6.07) is 0. The highest BCUT2D eigenvalue weighted by molar-refractivity contribution is 5.49. The second-order valence-electron chi connectivity index (χ2n) is 18.5. The first kappa shape index (κ1) is 31.2. The van der Waals surface area contributed by atoms with Crippen LogP contribution in [0.5, 0.6) is 0 Å². The SMILES string of the molecule is CCCCCCCCCC(C)(O)C1C2CC(=C(C)C1C1(C3CC4CC(=C3C)C4(C)C)CC3CC(=C1C)C3(C)C)C2(C)C. The van der Waals surface area contributed by atoms with Gasteiger partial charge in [-0.15, -0.1) is 0 Å². The van der Waals surface area contributed by atoms with E-state index in [9.17, 15) is 5.11 Å². The molecule has 3 fully saturated rings. The van der Waals surface area contributed by atoms with E-state index < -0.39 is 5.60 Å². The third-order valence-corrected chi connectivity index (χ3v) is 15.8. The zero-order valence-corrected chi connectivity index (χ0v) is 29.6. The van der Waals surface area contributed by atoms with Crippen molar-refractivity contribution in [1.29, 1.82) is 0 Å². The molecular formula is C41H66O. The second-order valence-corrected chi connectivity index (χ2v) is 18.5. The lowest BCUT2D eigenvalue weighted by Crippen LogP contribution is -2.65. The topological polar surface area (TPSA) is 20.2 Å². The van der Waals surface area contributed by atoms with Crippen LogP contribution < -0.4 is 0 Å². The van der Waals surface area contributed by atoms with Gasteiger partial charge in [0.15, 0.2) is 0 Å². The van der Waals surface area contributed by atoms with Crippen LogP contribution in [0, 0.1) is 57.2 Å². The number of hydrogen-bond acceptors (Lipinski definition) is 1. The molecule has 0 spiro atoms. The number of allylic oxidation sites excluding steroid dienone is 6. The van der Waals surface area contributed by atoms with Gasteiger partial charge in [0.25, 0.3) is 0 Å². The highest BCUT2D eigenvalue weighted by atomic mass is 16.3. The quantitative estimate of drug-likeness (QED) is 0.192. The number of hydrogen-bond donors (Lipinski definition) is 1. The Morgan fingerprint density at radius 3 is 1.83 bits per heavy atom. The second kappa shape index (κ2) is 10.1. The van der Waals surface area contributed by atoms with Crippen LogP contribution in [0.3, 0.4) is 0 Å². The molecule has 6 bridgehead atoms. The lowest BCUT2D eigenvalue weighted by Gasteiger charge is -2.71. The van der Waals surface area contributed by atoms with Gasteiger partial charge in [0.05, 0.1) is 5.60 Å². The van der Waals surface area contributed by atoms with Crippen LogP contribution in [-0.2, 0) is 0 Å². The van der Waals surface area contributed by atoms with Crippen LogP contribution in [0.1, 0.15) is 160 Å². The lowest BCUT2D eigenvalue weighted by atomic mass is 9.33. The van der Waals surface area contributed by atoms with Crippen molar-refractivity contribution in [2.75, 3.05) is 0 Å². The van der Waals surface area contributed by atoms with Gasteiger partial charge in [0.2, 0.25) is 0 Å². The molecule has 0 saturated heterocycles. The van der Waals surface area contributed by atoms with Crippen molar-refractivity contribution in [2.45, 2.75) is 165 Å². The lowest BCUT2D eigenvalue weighted by molar-refractivity contribution is -0.148. The smallest absolute Gasteiger partial charge is 0.0656 e. The van der Waals surface area contributed by atoms with E-state index in [4.69, 9.17) is 0 Å². The first-order valence-electron chi connectivity index (χ1n) is 18.4. The van der Waals surface area contributed by atoms with Gasteiger partial charge in [-0.25, -0.2) is 0 Å². The van der Waals surface area contributed by atoms with Crippen molar-refractivity contribution in [1.82, 2.24) is 0 Å². The van der Waals surface area contributed by atoms with E-state index in [-0.39, 0.29) is 10.8 Å². The fourth-order valence-corrected chi connectivity index (χ4v) is 12.7. The van der Waals surface area contributed by atoms with Gasteiger partial charge in [-0.05, 0) is 118 Å². The van der Waals surface area contributed by atoms with Crippen LogP contribution in [-0.4, -0.2) is 10.7 Å². The molecular weight excluding hydrogens is 508 g/mol. The summed E-state index contributed by atoms with van der Waals surface area (Å²) in [6.07, 6.45) is 16.8. The van der Waals surface area contributed by atoms with Crippen molar-refractivity contribution in [2.24, 2.45) is 57.2 Å². The monoisotopic (exact) mass is 575 g/mol. The molecule has 1 nitrogen and oxygen atoms in total. The van der Waals surface area contributed by atoms with E-state index in [1.54, 1.807) is 33.4 Å². The number of rotatable bonds is 11. The van der Waals surface area contributed by atoms with E-state index in [0.717, 1.165) is 18.3 Å². The molecule has 0 amide bonds. The van der Waals surface area contributed by atoms with E-state index in [2.05, 4.69) is 76.2 Å². The molecule has 9 rings (SSSR count). The van der Waals surface area contributed by atoms with Crippen molar-refractivity contribution in [3.63, 3.8) is 0 Å². The van der Waals surface area contributed by atoms with Crippen molar-refractivity contribution in [3.8, 4) is 0 Å². The molecule has 0 heterocycles. The van der Waals surface area contributed by atoms with Crippen molar-refractivity contribution in [3.05, 3.63) is 33.4 Å². The largest absolute Gasteiger partial charge is 0.390 e. The van der Waals surface area contributed by atoms with Gasteiger partial charge in [0, 0.05) is 5.41 Å². The van der Waals surface area contributed by atoms with Crippen LogP contribution >= 0.6 is 0 Å². The minimum absolute atomic E-state index is 0.178. The fraction of sp³-hybridized carbons (Fsp3) is 0.854. The van der Waals surface area contributed by atoms with Crippen molar-refractivity contribution < 1.29 is 5.11 Å². The molecule has 9 aliphatic carbocycles. The Balaban J connectivity index is 1.42. The maximum absolute atomic E-state index is 12.8. The summed E-state index contributed by atoms with van der Waals surface area (Å²) in [7, 11) is 0. The fourth-order valence-electron chi connectivity index (χ4n) is 12.7. The maximum Gasteiger partial charge on any atom is 0.0656 e. The highest BCUT2D eigenvalue weighted by Gasteiger charge is 2.69. The van der Waals surface area contributed by atoms with Gasteiger partial charge in [-0.1, -0.05) is 127 Å². The summed E-state index contributed by atoms with van der Waals surface area (Å²) in [5.74, 6) is 3.70. The van der Waals surface area contributed by atoms with Crippen LogP contribution in [0.15, 0.2) is 33.4 Å². The summed E-state index contributed by atoms with van der Waals surface area (Å²) >= 11 is 0. The third-order valence-electron chi connectivity index (χ3n) is 15.8. The van der Waals surface area contributed by atoms with E-state index in [0.29, 0.717) is 34.5 Å². The summed E-state index contributed by atoms with van der Waals surface area (Å²) in [4.78, 5) is 0. The zero-order valence-electron chi connectivity index (χ0n) is 29.6. The van der Waals surface area contributed by atoms with Crippen molar-refractivity contribution >= 4 is 0 Å². The van der Waals surface area contributed by atoms with E-state index in [1.165, 1.54) is 77.0 Å². The van der Waals surface area contributed by atoms with Gasteiger partial charge in [-0.2, -0.15) is 0 Å². The Labute approximate surface area is 260 Å². The Bertz CT molecular complexity index is 1200. The number of aliphatic hydroxyl groups is 1. The molecule has 8 unspecified atom stereocenters. The van der Waals surface area contributed by atoms with E-state index in [1.807, 2.05) is 0 Å². The molecule has 0 aromatic rings. The molecule has 236 valence electrons. The molecule has 3 saturated carbocycles. The molecule has 1 N–H and O–H groups in total. The van der Waals surface area contributed by atoms with Crippen LogP contribution in [0.25, 0.3) is 0 Å². The predicted octanol–water partition coefficient (Wildman–Crippen LogP) is 11.6. The maximum atomic E-state index is 12.8. The minimum atomic E-state index is -0.615. The molecule has 42 heavy (non-hydrogen) atoms. The minimum Gasteiger partial charge on any atom is -0.390 e. The molecule has 0 aliphatic heterocycles. The molecule has 1 heteroatoms. The Kier molecular flexibility index (Phi) is 7.49. The average Bonchev–Trinajstić information content (AvgIpc) is 2.91. The number of fused-ring (bicyclic) bond motifs is 8. The van der Waals surface area contributed by atoms with Gasteiger partial charge < -0.3 is 5.11 Å². The third kappa shape index (κ3) is 4.09. The van der Waals surface area contributed by atoms with Gasteiger partial charge >= 0.3 is 0 Å². The highest BCUT2D eigenvalue weighted by Crippen LogP contribution is 2.77. The number of unbranched alkanes of at least 4 members (excludes halogenated alkanes) is 6. The summed E-state index contributed by atoms with van der Waals surface area (Å²) in [5, 5.41) is 12.8. The molecule has 8 atom stereocenters. The predicted molar refractivity (Wildman–Crippen MR) is 179 cm³/mol. The van der Waals surface area contributed by atoms with Crippen LogP contribution in [0.2, 0.25) is 0 Å². The zero-order chi connectivity index (χ0) is 30.6. The normalized spacial score (nSPS) is 40.3. The Morgan fingerprint density at radius 1 is 0.714 bits per heavy atom. The first-order chi connectivity index (χ1) is 19.5.